The zero-order valence-corrected chi connectivity index (χ0v) is 33.7. The minimum Gasteiger partial charge on any atom is -0.310 e. The fourth-order valence-corrected chi connectivity index (χ4v) is 9.66. The second kappa shape index (κ2) is 15.3. The molecule has 0 amide bonds. The standard InChI is InChI=1S/C58H39NS/c1-2-12-45(13-3-1)53-17-6-8-19-56(53)59(52-34-29-44(30-35-52)50-31-36-58-55(39-50)54-18-7-9-20-57(54)60-58)51-32-27-42(28-33-51)41-21-23-43(24-22-41)47-15-10-16-48(37-47)49-26-25-40-11-4-5-14-46(40)38-49/h1-39H. The van der Waals surface area contributed by atoms with Crippen LogP contribution in [-0.2, 0) is 0 Å². The average molecular weight is 782 g/mol. The van der Waals surface area contributed by atoms with Crippen LogP contribution in [0.4, 0.5) is 17.1 Å². The maximum atomic E-state index is 2.39. The Hall–Kier alpha value is -7.52. The third-order valence-corrected chi connectivity index (χ3v) is 12.8. The first-order valence-electron chi connectivity index (χ1n) is 20.5. The molecule has 2 heteroatoms. The zero-order valence-electron chi connectivity index (χ0n) is 32.9. The molecule has 60 heavy (non-hydrogen) atoms. The van der Waals surface area contributed by atoms with Crippen molar-refractivity contribution >= 4 is 59.3 Å². The van der Waals surface area contributed by atoms with Gasteiger partial charge in [-0.15, -0.1) is 11.3 Å². The molecule has 0 N–H and O–H groups in total. The first kappa shape index (κ1) is 35.6. The number of hydrogen-bond acceptors (Lipinski definition) is 2. The number of benzene rings is 10. The minimum atomic E-state index is 1.10. The second-order valence-electron chi connectivity index (χ2n) is 15.3. The Morgan fingerprint density at radius 2 is 0.750 bits per heavy atom. The predicted molar refractivity (Wildman–Crippen MR) is 259 cm³/mol. The Morgan fingerprint density at radius 3 is 1.48 bits per heavy atom. The van der Waals surface area contributed by atoms with Crippen LogP contribution in [0.5, 0.6) is 0 Å². The zero-order chi connectivity index (χ0) is 39.8. The van der Waals surface area contributed by atoms with Crippen LogP contribution in [0.2, 0.25) is 0 Å². The average Bonchev–Trinajstić information content (AvgIpc) is 3.71. The molecule has 0 saturated carbocycles. The van der Waals surface area contributed by atoms with Crippen molar-refractivity contribution in [3.8, 4) is 55.6 Å². The summed E-state index contributed by atoms with van der Waals surface area (Å²) in [6.45, 7) is 0. The Labute approximate surface area is 354 Å². The Kier molecular flexibility index (Phi) is 9.11. The maximum Gasteiger partial charge on any atom is 0.0540 e. The molecule has 0 spiro atoms. The van der Waals surface area contributed by atoms with E-state index in [-0.39, 0.29) is 0 Å². The molecule has 0 saturated heterocycles. The highest BCUT2D eigenvalue weighted by Crippen LogP contribution is 2.43. The molecule has 0 aliphatic heterocycles. The van der Waals surface area contributed by atoms with Crippen molar-refractivity contribution in [3.05, 3.63) is 237 Å². The Balaban J connectivity index is 0.915. The molecule has 1 nitrogen and oxygen atoms in total. The van der Waals surface area contributed by atoms with Gasteiger partial charge in [0, 0.05) is 37.1 Å². The molecular weight excluding hydrogens is 743 g/mol. The highest BCUT2D eigenvalue weighted by atomic mass is 32.1. The maximum absolute atomic E-state index is 2.39. The molecule has 0 aliphatic rings. The van der Waals surface area contributed by atoms with Crippen LogP contribution >= 0.6 is 11.3 Å². The third kappa shape index (κ3) is 6.73. The van der Waals surface area contributed by atoms with E-state index in [4.69, 9.17) is 0 Å². The van der Waals surface area contributed by atoms with Crippen LogP contribution in [0.1, 0.15) is 0 Å². The van der Waals surface area contributed by atoms with Crippen LogP contribution in [0.25, 0.3) is 86.6 Å². The van der Waals surface area contributed by atoms with Gasteiger partial charge in [-0.3, -0.25) is 0 Å². The molecule has 0 unspecified atom stereocenters. The van der Waals surface area contributed by atoms with Gasteiger partial charge in [-0.1, -0.05) is 176 Å². The highest BCUT2D eigenvalue weighted by molar-refractivity contribution is 7.25. The second-order valence-corrected chi connectivity index (χ2v) is 16.4. The lowest BCUT2D eigenvalue weighted by molar-refractivity contribution is 1.28. The first-order valence-corrected chi connectivity index (χ1v) is 21.3. The summed E-state index contributed by atoms with van der Waals surface area (Å²) in [7, 11) is 0. The molecule has 1 aromatic heterocycles. The van der Waals surface area contributed by atoms with Crippen LogP contribution in [0.3, 0.4) is 0 Å². The van der Waals surface area contributed by atoms with E-state index in [9.17, 15) is 0 Å². The van der Waals surface area contributed by atoms with E-state index in [2.05, 4.69) is 241 Å². The van der Waals surface area contributed by atoms with E-state index in [1.165, 1.54) is 86.6 Å². The SMILES string of the molecule is c1ccc(-c2ccccc2N(c2ccc(-c3ccc(-c4cccc(-c5ccc6ccccc6c5)c4)cc3)cc2)c2ccc(-c3ccc4sc5ccccc5c4c3)cc2)cc1. The summed E-state index contributed by atoms with van der Waals surface area (Å²) >= 11 is 1.86. The summed E-state index contributed by atoms with van der Waals surface area (Å²) in [6, 6.07) is 86.1. The number of nitrogens with zero attached hydrogens (tertiary/aromatic N) is 1. The Morgan fingerprint density at radius 1 is 0.267 bits per heavy atom. The molecule has 11 aromatic rings. The van der Waals surface area contributed by atoms with Crippen LogP contribution in [-0.4, -0.2) is 0 Å². The van der Waals surface area contributed by atoms with Crippen LogP contribution in [0.15, 0.2) is 237 Å². The summed E-state index contributed by atoms with van der Waals surface area (Å²) in [4.78, 5) is 2.39. The topological polar surface area (TPSA) is 3.24 Å². The van der Waals surface area contributed by atoms with Gasteiger partial charge in [-0.05, 0) is 122 Å². The highest BCUT2D eigenvalue weighted by Gasteiger charge is 2.18. The van der Waals surface area contributed by atoms with Gasteiger partial charge in [0.25, 0.3) is 0 Å². The van der Waals surface area contributed by atoms with Gasteiger partial charge < -0.3 is 4.90 Å². The number of hydrogen-bond donors (Lipinski definition) is 0. The summed E-state index contributed by atoms with van der Waals surface area (Å²) in [6.07, 6.45) is 0. The van der Waals surface area contributed by atoms with E-state index < -0.39 is 0 Å². The quantitative estimate of drug-likeness (QED) is 0.148. The van der Waals surface area contributed by atoms with Crippen molar-refractivity contribution in [2.75, 3.05) is 4.90 Å². The van der Waals surface area contributed by atoms with Crippen molar-refractivity contribution < 1.29 is 0 Å². The van der Waals surface area contributed by atoms with Gasteiger partial charge >= 0.3 is 0 Å². The summed E-state index contributed by atoms with van der Waals surface area (Å²) in [5.74, 6) is 0. The van der Waals surface area contributed by atoms with Gasteiger partial charge in [0.1, 0.15) is 0 Å². The summed E-state index contributed by atoms with van der Waals surface area (Å²) in [5.41, 5.74) is 15.4. The monoisotopic (exact) mass is 781 g/mol. The van der Waals surface area contributed by atoms with E-state index in [0.717, 1.165) is 17.1 Å². The number of thiophene rings is 1. The van der Waals surface area contributed by atoms with Crippen molar-refractivity contribution in [1.29, 1.82) is 0 Å². The number of para-hydroxylation sites is 1. The molecule has 1 heterocycles. The third-order valence-electron chi connectivity index (χ3n) is 11.7. The number of fused-ring (bicyclic) bond motifs is 4. The normalized spacial score (nSPS) is 11.3. The molecule has 0 fully saturated rings. The Bertz CT molecular complexity index is 3290. The molecule has 0 bridgehead atoms. The number of anilines is 3. The fraction of sp³-hybridized carbons (Fsp3) is 0. The lowest BCUT2D eigenvalue weighted by atomic mass is 9.96. The van der Waals surface area contributed by atoms with Gasteiger partial charge in [0.2, 0.25) is 0 Å². The fourth-order valence-electron chi connectivity index (χ4n) is 8.57. The smallest absolute Gasteiger partial charge is 0.0540 e. The first-order chi connectivity index (χ1) is 29.7. The van der Waals surface area contributed by atoms with Crippen molar-refractivity contribution in [2.45, 2.75) is 0 Å². The lowest BCUT2D eigenvalue weighted by Gasteiger charge is -2.28. The van der Waals surface area contributed by atoms with Gasteiger partial charge in [-0.25, -0.2) is 0 Å². The van der Waals surface area contributed by atoms with Crippen molar-refractivity contribution in [2.24, 2.45) is 0 Å². The molecule has 0 aliphatic carbocycles. The van der Waals surface area contributed by atoms with Crippen molar-refractivity contribution in [1.82, 2.24) is 0 Å². The van der Waals surface area contributed by atoms with E-state index in [0.29, 0.717) is 0 Å². The van der Waals surface area contributed by atoms with E-state index >= 15 is 0 Å². The van der Waals surface area contributed by atoms with Crippen molar-refractivity contribution in [3.63, 3.8) is 0 Å². The molecule has 0 atom stereocenters. The van der Waals surface area contributed by atoms with Gasteiger partial charge in [0.15, 0.2) is 0 Å². The molecule has 10 aromatic carbocycles. The van der Waals surface area contributed by atoms with Crippen LogP contribution < -0.4 is 4.90 Å². The molecule has 11 rings (SSSR count). The largest absolute Gasteiger partial charge is 0.310 e. The van der Waals surface area contributed by atoms with Gasteiger partial charge in [0.05, 0.1) is 5.69 Å². The summed E-state index contributed by atoms with van der Waals surface area (Å²) < 4.78 is 2.65. The van der Waals surface area contributed by atoms with E-state index in [1.807, 2.05) is 11.3 Å². The molecule has 282 valence electrons. The lowest BCUT2D eigenvalue weighted by Crippen LogP contribution is -2.11. The predicted octanol–water partition coefficient (Wildman–Crippen LogP) is 17.0. The number of rotatable bonds is 8. The molecule has 0 radical (unpaired) electrons. The van der Waals surface area contributed by atoms with E-state index in [1.54, 1.807) is 0 Å². The minimum absolute atomic E-state index is 1.10. The molecular formula is C58H39NS. The van der Waals surface area contributed by atoms with Crippen LogP contribution in [0, 0.1) is 0 Å². The van der Waals surface area contributed by atoms with Gasteiger partial charge in [-0.2, -0.15) is 0 Å². The summed E-state index contributed by atoms with van der Waals surface area (Å²) in [5, 5.41) is 5.16.